The van der Waals surface area contributed by atoms with Crippen LogP contribution in [-0.2, 0) is 16.0 Å². The highest BCUT2D eigenvalue weighted by molar-refractivity contribution is 5.68. The van der Waals surface area contributed by atoms with Crippen LogP contribution in [0, 0.1) is 0 Å². The molecule has 1 rings (SSSR count). The smallest absolute Gasteiger partial charge is 0.305 e. The molecule has 0 amide bonds. The monoisotopic (exact) mass is 278 g/mol. The lowest BCUT2D eigenvalue weighted by Gasteiger charge is -2.07. The second kappa shape index (κ2) is 10.3. The molecule has 0 atom stereocenters. The van der Waals surface area contributed by atoms with E-state index in [0.717, 1.165) is 25.0 Å². The Morgan fingerprint density at radius 1 is 1.05 bits per heavy atom. The topological polar surface area (TPSA) is 35.5 Å². The van der Waals surface area contributed by atoms with E-state index in [1.165, 1.54) is 31.9 Å². The summed E-state index contributed by atoms with van der Waals surface area (Å²) in [6, 6.07) is 8.34. The fraction of sp³-hybridized carbons (Fsp3) is 0.588. The van der Waals surface area contributed by atoms with Gasteiger partial charge in [0.15, 0.2) is 0 Å². The van der Waals surface area contributed by atoms with Gasteiger partial charge in [-0.05, 0) is 43.4 Å². The number of methoxy groups -OCH3 is 1. The summed E-state index contributed by atoms with van der Waals surface area (Å²) in [5, 5.41) is 0. The van der Waals surface area contributed by atoms with E-state index < -0.39 is 0 Å². The van der Waals surface area contributed by atoms with Crippen molar-refractivity contribution >= 4 is 5.97 Å². The molecule has 0 aromatic heterocycles. The summed E-state index contributed by atoms with van der Waals surface area (Å²) in [5.41, 5.74) is 1.37. The summed E-state index contributed by atoms with van der Waals surface area (Å²) >= 11 is 0. The predicted molar refractivity (Wildman–Crippen MR) is 81.0 cm³/mol. The van der Waals surface area contributed by atoms with Gasteiger partial charge in [-0.2, -0.15) is 0 Å². The van der Waals surface area contributed by atoms with Gasteiger partial charge in [0.1, 0.15) is 5.75 Å². The lowest BCUT2D eigenvalue weighted by atomic mass is 10.1. The number of benzene rings is 1. The van der Waals surface area contributed by atoms with Crippen LogP contribution in [-0.4, -0.2) is 19.7 Å². The molecular formula is C17H26O3. The molecule has 0 aliphatic carbocycles. The van der Waals surface area contributed by atoms with Crippen LogP contribution in [0.25, 0.3) is 0 Å². The molecule has 0 N–H and O–H groups in total. The van der Waals surface area contributed by atoms with Gasteiger partial charge in [0, 0.05) is 6.42 Å². The van der Waals surface area contributed by atoms with Crippen LogP contribution in [0.5, 0.6) is 5.75 Å². The third-order valence-electron chi connectivity index (χ3n) is 3.26. The Morgan fingerprint density at radius 3 is 2.45 bits per heavy atom. The van der Waals surface area contributed by atoms with Crippen molar-refractivity contribution in [3.05, 3.63) is 29.8 Å². The molecular weight excluding hydrogens is 252 g/mol. The Labute approximate surface area is 122 Å². The highest BCUT2D eigenvalue weighted by Crippen LogP contribution is 2.14. The number of hydrogen-bond acceptors (Lipinski definition) is 3. The van der Waals surface area contributed by atoms with E-state index in [2.05, 4.69) is 23.8 Å². The Bertz CT molecular complexity index is 370. The van der Waals surface area contributed by atoms with Crippen molar-refractivity contribution in [2.45, 2.75) is 51.9 Å². The molecule has 0 saturated heterocycles. The molecule has 0 heterocycles. The van der Waals surface area contributed by atoms with Gasteiger partial charge in [-0.3, -0.25) is 4.79 Å². The van der Waals surface area contributed by atoms with E-state index in [1.54, 1.807) is 0 Å². The standard InChI is InChI=1S/C17H26O3/c1-3-4-5-8-15-10-12-16(13-11-15)20-14-7-6-9-17(18)19-2/h10-13H,3-9,14H2,1-2H3. The Balaban J connectivity index is 2.16. The molecule has 0 fully saturated rings. The third kappa shape index (κ3) is 7.17. The minimum absolute atomic E-state index is 0.151. The van der Waals surface area contributed by atoms with Crippen molar-refractivity contribution in [3.8, 4) is 5.75 Å². The Kier molecular flexibility index (Phi) is 8.52. The van der Waals surface area contributed by atoms with Crippen LogP contribution in [0.4, 0.5) is 0 Å². The number of ether oxygens (including phenoxy) is 2. The fourth-order valence-electron chi connectivity index (χ4n) is 1.99. The van der Waals surface area contributed by atoms with Gasteiger partial charge in [0.2, 0.25) is 0 Å². The summed E-state index contributed by atoms with van der Waals surface area (Å²) in [7, 11) is 1.42. The van der Waals surface area contributed by atoms with Crippen LogP contribution in [0.1, 0.15) is 51.0 Å². The van der Waals surface area contributed by atoms with Crippen molar-refractivity contribution in [3.63, 3.8) is 0 Å². The summed E-state index contributed by atoms with van der Waals surface area (Å²) in [6.45, 7) is 2.86. The molecule has 0 aliphatic heterocycles. The normalized spacial score (nSPS) is 10.3. The van der Waals surface area contributed by atoms with Crippen molar-refractivity contribution in [1.82, 2.24) is 0 Å². The van der Waals surface area contributed by atoms with Gasteiger partial charge in [0.05, 0.1) is 13.7 Å². The van der Waals surface area contributed by atoms with E-state index in [4.69, 9.17) is 4.74 Å². The zero-order valence-corrected chi connectivity index (χ0v) is 12.7. The highest BCUT2D eigenvalue weighted by atomic mass is 16.5. The van der Waals surface area contributed by atoms with Crippen LogP contribution < -0.4 is 4.74 Å². The van der Waals surface area contributed by atoms with Crippen LogP contribution in [0.15, 0.2) is 24.3 Å². The van der Waals surface area contributed by atoms with Gasteiger partial charge in [-0.15, -0.1) is 0 Å². The highest BCUT2D eigenvalue weighted by Gasteiger charge is 2.00. The van der Waals surface area contributed by atoms with Crippen molar-refractivity contribution in [2.75, 3.05) is 13.7 Å². The molecule has 1 aromatic rings. The van der Waals surface area contributed by atoms with E-state index in [9.17, 15) is 4.79 Å². The van der Waals surface area contributed by atoms with Crippen LogP contribution >= 0.6 is 0 Å². The molecule has 3 heteroatoms. The summed E-state index contributed by atoms with van der Waals surface area (Å²) in [5.74, 6) is 0.753. The van der Waals surface area contributed by atoms with E-state index in [-0.39, 0.29) is 5.97 Å². The Morgan fingerprint density at radius 2 is 1.80 bits per heavy atom. The first-order chi connectivity index (χ1) is 9.76. The maximum absolute atomic E-state index is 10.9. The van der Waals surface area contributed by atoms with Crippen molar-refractivity contribution in [2.24, 2.45) is 0 Å². The van der Waals surface area contributed by atoms with E-state index in [1.807, 2.05) is 12.1 Å². The van der Waals surface area contributed by atoms with Crippen molar-refractivity contribution in [1.29, 1.82) is 0 Å². The first-order valence-corrected chi connectivity index (χ1v) is 7.54. The zero-order chi connectivity index (χ0) is 14.6. The first kappa shape index (κ1) is 16.5. The number of unbranched alkanes of at least 4 members (excludes halogenated alkanes) is 3. The maximum Gasteiger partial charge on any atom is 0.305 e. The quantitative estimate of drug-likeness (QED) is 0.476. The lowest BCUT2D eigenvalue weighted by Crippen LogP contribution is -2.02. The molecule has 1 aromatic carbocycles. The number of hydrogen-bond donors (Lipinski definition) is 0. The summed E-state index contributed by atoms with van der Waals surface area (Å²) in [6.07, 6.45) is 7.09. The number of aryl methyl sites for hydroxylation is 1. The van der Waals surface area contributed by atoms with Gasteiger partial charge >= 0.3 is 5.97 Å². The van der Waals surface area contributed by atoms with Gasteiger partial charge < -0.3 is 9.47 Å². The average Bonchev–Trinajstić information content (AvgIpc) is 2.48. The predicted octanol–water partition coefficient (Wildman–Crippen LogP) is 4.14. The molecule has 0 radical (unpaired) electrons. The minimum Gasteiger partial charge on any atom is -0.494 e. The third-order valence-corrected chi connectivity index (χ3v) is 3.26. The SMILES string of the molecule is CCCCCc1ccc(OCCCCC(=O)OC)cc1. The summed E-state index contributed by atoms with van der Waals surface area (Å²) < 4.78 is 10.2. The van der Waals surface area contributed by atoms with E-state index >= 15 is 0 Å². The molecule has 0 aliphatic rings. The second-order valence-corrected chi connectivity index (χ2v) is 4.98. The molecule has 0 unspecified atom stereocenters. The molecule has 0 bridgehead atoms. The molecule has 20 heavy (non-hydrogen) atoms. The van der Waals surface area contributed by atoms with Gasteiger partial charge in [0.25, 0.3) is 0 Å². The molecule has 0 saturated carbocycles. The fourth-order valence-corrected chi connectivity index (χ4v) is 1.99. The van der Waals surface area contributed by atoms with Gasteiger partial charge in [-0.25, -0.2) is 0 Å². The number of carbonyl (C=O) groups excluding carboxylic acids is 1. The largest absolute Gasteiger partial charge is 0.494 e. The lowest BCUT2D eigenvalue weighted by molar-refractivity contribution is -0.140. The second-order valence-electron chi connectivity index (χ2n) is 4.98. The zero-order valence-electron chi connectivity index (χ0n) is 12.7. The number of rotatable bonds is 10. The molecule has 112 valence electrons. The number of esters is 1. The van der Waals surface area contributed by atoms with E-state index in [0.29, 0.717) is 13.0 Å². The molecule has 0 spiro atoms. The van der Waals surface area contributed by atoms with Crippen LogP contribution in [0.2, 0.25) is 0 Å². The molecule has 3 nitrogen and oxygen atoms in total. The van der Waals surface area contributed by atoms with Gasteiger partial charge in [-0.1, -0.05) is 31.9 Å². The van der Waals surface area contributed by atoms with Crippen LogP contribution in [0.3, 0.4) is 0 Å². The van der Waals surface area contributed by atoms with Crippen molar-refractivity contribution < 1.29 is 14.3 Å². The summed E-state index contributed by atoms with van der Waals surface area (Å²) in [4.78, 5) is 10.9. The first-order valence-electron chi connectivity index (χ1n) is 7.54. The minimum atomic E-state index is -0.151. The average molecular weight is 278 g/mol. The maximum atomic E-state index is 10.9. The number of carbonyl (C=O) groups is 1. The Hall–Kier alpha value is -1.51.